The Bertz CT molecular complexity index is 834. The van der Waals surface area contributed by atoms with Crippen LogP contribution in [0, 0.1) is 6.92 Å². The van der Waals surface area contributed by atoms with Crippen molar-refractivity contribution in [2.24, 2.45) is 7.05 Å². The minimum atomic E-state index is 0.102. The summed E-state index contributed by atoms with van der Waals surface area (Å²) in [5.74, 6) is 1.30. The lowest BCUT2D eigenvalue weighted by atomic mass is 10.1. The largest absolute Gasteiger partial charge is 0.360 e. The van der Waals surface area contributed by atoms with Gasteiger partial charge in [0.2, 0.25) is 0 Å². The van der Waals surface area contributed by atoms with Crippen LogP contribution in [0.25, 0.3) is 10.9 Å². The molecule has 0 saturated heterocycles. The quantitative estimate of drug-likeness (QED) is 0.580. The van der Waals surface area contributed by atoms with Gasteiger partial charge >= 0.3 is 0 Å². The highest BCUT2D eigenvalue weighted by Crippen LogP contribution is 2.24. The Kier molecular flexibility index (Phi) is 4.02. The molecule has 6 heteroatoms. The first-order valence-corrected chi connectivity index (χ1v) is 8.21. The summed E-state index contributed by atoms with van der Waals surface area (Å²) in [5.41, 5.74) is 3.04. The molecular formula is C16H18N4OS. The van der Waals surface area contributed by atoms with E-state index < -0.39 is 0 Å². The maximum absolute atomic E-state index is 12.5. The number of aromatic nitrogens is 4. The van der Waals surface area contributed by atoms with Gasteiger partial charge in [-0.15, -0.1) is 10.2 Å². The van der Waals surface area contributed by atoms with Gasteiger partial charge in [0.1, 0.15) is 5.82 Å². The Balaban J connectivity index is 1.82. The van der Waals surface area contributed by atoms with Crippen molar-refractivity contribution in [1.29, 1.82) is 0 Å². The van der Waals surface area contributed by atoms with Crippen LogP contribution in [0.15, 0.2) is 29.6 Å². The minimum absolute atomic E-state index is 0.102. The van der Waals surface area contributed by atoms with Gasteiger partial charge in [-0.05, 0) is 18.9 Å². The lowest BCUT2D eigenvalue weighted by Gasteiger charge is -2.02. The maximum Gasteiger partial charge on any atom is 0.191 e. The number of para-hydroxylation sites is 1. The summed E-state index contributed by atoms with van der Waals surface area (Å²) in [6, 6.07) is 6.09. The lowest BCUT2D eigenvalue weighted by Crippen LogP contribution is -2.03. The summed E-state index contributed by atoms with van der Waals surface area (Å²) in [4.78, 5) is 15.8. The average Bonchev–Trinajstić information content (AvgIpc) is 3.10. The Labute approximate surface area is 133 Å². The third-order valence-corrected chi connectivity index (χ3v) is 4.89. The second-order valence-electron chi connectivity index (χ2n) is 5.20. The summed E-state index contributed by atoms with van der Waals surface area (Å²) in [6.07, 6.45) is 2.76. The number of aryl methyl sites for hydroxylation is 2. The minimum Gasteiger partial charge on any atom is -0.360 e. The predicted octanol–water partition coefficient (Wildman–Crippen LogP) is 3.14. The molecule has 0 amide bonds. The van der Waals surface area contributed by atoms with Crippen LogP contribution in [-0.4, -0.2) is 31.3 Å². The molecule has 22 heavy (non-hydrogen) atoms. The summed E-state index contributed by atoms with van der Waals surface area (Å²) in [7, 11) is 1.90. The summed E-state index contributed by atoms with van der Waals surface area (Å²) < 4.78 is 1.89. The number of thioether (sulfide) groups is 1. The van der Waals surface area contributed by atoms with Gasteiger partial charge in [-0.25, -0.2) is 0 Å². The second kappa shape index (κ2) is 5.96. The number of carbonyl (C=O) groups is 1. The van der Waals surface area contributed by atoms with Gasteiger partial charge in [0.05, 0.1) is 5.75 Å². The molecule has 0 aliphatic heterocycles. The number of nitrogens with one attached hydrogen (secondary N) is 1. The van der Waals surface area contributed by atoms with Gasteiger partial charge in [-0.1, -0.05) is 36.9 Å². The molecule has 0 saturated carbocycles. The summed E-state index contributed by atoms with van der Waals surface area (Å²) >= 11 is 1.42. The number of carbonyl (C=O) groups excluding carboxylic acids is 1. The number of hydrogen-bond acceptors (Lipinski definition) is 4. The fourth-order valence-corrected chi connectivity index (χ4v) is 3.30. The van der Waals surface area contributed by atoms with Crippen molar-refractivity contribution >= 4 is 28.4 Å². The van der Waals surface area contributed by atoms with Crippen LogP contribution in [0.5, 0.6) is 0 Å². The molecule has 5 nitrogen and oxygen atoms in total. The van der Waals surface area contributed by atoms with Crippen LogP contribution >= 0.6 is 11.8 Å². The van der Waals surface area contributed by atoms with Crippen molar-refractivity contribution in [2.45, 2.75) is 25.4 Å². The Morgan fingerprint density at radius 1 is 1.36 bits per heavy atom. The van der Waals surface area contributed by atoms with Crippen LogP contribution in [0.2, 0.25) is 0 Å². The molecule has 114 valence electrons. The summed E-state index contributed by atoms with van der Waals surface area (Å²) in [5, 5.41) is 9.84. The Hall–Kier alpha value is -2.08. The number of rotatable bonds is 5. The first-order chi connectivity index (χ1) is 10.6. The van der Waals surface area contributed by atoms with Crippen molar-refractivity contribution in [3.8, 4) is 0 Å². The average molecular weight is 314 g/mol. The van der Waals surface area contributed by atoms with Crippen LogP contribution in [-0.2, 0) is 13.5 Å². The first kappa shape index (κ1) is 14.8. The van der Waals surface area contributed by atoms with Gasteiger partial charge in [-0.3, -0.25) is 4.79 Å². The number of Topliss-reactive ketones (excluding diaryl/α,β-unsaturated/α-hetero) is 1. The molecule has 0 aliphatic rings. The van der Waals surface area contributed by atoms with Crippen molar-refractivity contribution in [3.63, 3.8) is 0 Å². The number of fused-ring (bicyclic) bond motifs is 1. The normalized spacial score (nSPS) is 11.2. The number of ketones is 1. The number of nitrogens with zero attached hydrogens (tertiary/aromatic N) is 3. The zero-order valence-electron chi connectivity index (χ0n) is 12.9. The van der Waals surface area contributed by atoms with Crippen molar-refractivity contribution in [1.82, 2.24) is 19.7 Å². The predicted molar refractivity (Wildman–Crippen MR) is 88.5 cm³/mol. The molecule has 0 unspecified atom stereocenters. The SMILES string of the molecule is CCc1cccc2c(C(=O)CSc3nnc(C)n3C)c[nH]c12. The van der Waals surface area contributed by atoms with Crippen molar-refractivity contribution in [3.05, 3.63) is 41.3 Å². The molecule has 0 bridgehead atoms. The molecule has 0 aliphatic carbocycles. The van der Waals surface area contributed by atoms with Crippen molar-refractivity contribution in [2.75, 3.05) is 5.75 Å². The van der Waals surface area contributed by atoms with E-state index in [9.17, 15) is 4.79 Å². The first-order valence-electron chi connectivity index (χ1n) is 7.22. The second-order valence-corrected chi connectivity index (χ2v) is 6.14. The molecular weight excluding hydrogens is 296 g/mol. The van der Waals surface area contributed by atoms with E-state index in [-0.39, 0.29) is 5.78 Å². The fourth-order valence-electron chi connectivity index (χ4n) is 2.46. The topological polar surface area (TPSA) is 63.6 Å². The van der Waals surface area contributed by atoms with E-state index in [1.807, 2.05) is 36.9 Å². The van der Waals surface area contributed by atoms with Crippen LogP contribution in [0.1, 0.15) is 28.7 Å². The zero-order valence-corrected chi connectivity index (χ0v) is 13.7. The lowest BCUT2D eigenvalue weighted by molar-refractivity contribution is 0.102. The van der Waals surface area contributed by atoms with Crippen LogP contribution in [0.4, 0.5) is 0 Å². The standard InChI is InChI=1S/C16H18N4OS/c1-4-11-6-5-7-12-13(8-17-15(11)12)14(21)9-22-16-19-18-10(2)20(16)3/h5-8,17H,4,9H2,1-3H3. The molecule has 0 fully saturated rings. The van der Waals surface area contributed by atoms with Gasteiger partial charge < -0.3 is 9.55 Å². The number of benzene rings is 1. The Morgan fingerprint density at radius 2 is 2.18 bits per heavy atom. The highest BCUT2D eigenvalue weighted by Gasteiger charge is 2.15. The number of aromatic amines is 1. The highest BCUT2D eigenvalue weighted by atomic mass is 32.2. The third kappa shape index (κ3) is 2.54. The van der Waals surface area contributed by atoms with E-state index in [0.717, 1.165) is 33.9 Å². The number of hydrogen-bond donors (Lipinski definition) is 1. The van der Waals surface area contributed by atoms with Gasteiger partial charge in [-0.2, -0.15) is 0 Å². The molecule has 0 atom stereocenters. The number of H-pyrrole nitrogens is 1. The van der Waals surface area contributed by atoms with E-state index in [1.54, 1.807) is 0 Å². The Morgan fingerprint density at radius 3 is 2.86 bits per heavy atom. The van der Waals surface area contributed by atoms with Crippen molar-refractivity contribution < 1.29 is 4.79 Å². The molecule has 1 N–H and O–H groups in total. The monoisotopic (exact) mass is 314 g/mol. The fraction of sp³-hybridized carbons (Fsp3) is 0.312. The van der Waals surface area contributed by atoms with Gasteiger partial charge in [0.25, 0.3) is 0 Å². The molecule has 2 aromatic heterocycles. The molecule has 3 aromatic rings. The third-order valence-electron chi connectivity index (χ3n) is 3.87. The van der Waals surface area contributed by atoms with E-state index in [4.69, 9.17) is 0 Å². The summed E-state index contributed by atoms with van der Waals surface area (Å²) in [6.45, 7) is 4.01. The molecule has 0 spiro atoms. The van der Waals surface area contributed by atoms with Crippen LogP contribution < -0.4 is 0 Å². The van der Waals surface area contributed by atoms with E-state index >= 15 is 0 Å². The molecule has 0 radical (unpaired) electrons. The van der Waals surface area contributed by atoms with Gasteiger partial charge in [0, 0.05) is 29.7 Å². The molecule has 1 aromatic carbocycles. The highest BCUT2D eigenvalue weighted by molar-refractivity contribution is 7.99. The van der Waals surface area contributed by atoms with E-state index in [2.05, 4.69) is 28.2 Å². The zero-order chi connectivity index (χ0) is 15.7. The molecule has 3 rings (SSSR count). The smallest absolute Gasteiger partial charge is 0.191 e. The van der Waals surface area contributed by atoms with E-state index in [0.29, 0.717) is 5.75 Å². The van der Waals surface area contributed by atoms with Crippen LogP contribution in [0.3, 0.4) is 0 Å². The van der Waals surface area contributed by atoms with E-state index in [1.165, 1.54) is 17.3 Å². The maximum atomic E-state index is 12.5. The van der Waals surface area contributed by atoms with Gasteiger partial charge in [0.15, 0.2) is 10.9 Å². The molecule has 2 heterocycles.